The fourth-order valence-electron chi connectivity index (χ4n) is 1.89. The Morgan fingerprint density at radius 2 is 1.00 bits per heavy atom. The van der Waals surface area contributed by atoms with Crippen LogP contribution in [0.3, 0.4) is 0 Å². The zero-order valence-corrected chi connectivity index (χ0v) is 13.7. The Bertz CT molecular complexity index is 104. The second-order valence-corrected chi connectivity index (χ2v) is 4.54. The van der Waals surface area contributed by atoms with Crippen LogP contribution in [-0.2, 0) is 0 Å². The predicted molar refractivity (Wildman–Crippen MR) is 69.3 cm³/mol. The summed E-state index contributed by atoms with van der Waals surface area (Å²) in [5.41, 5.74) is -0.345. The monoisotopic (exact) mass is 320 g/mol. The number of unbranched alkanes of at least 4 members (excludes halogenated alkanes) is 3. The molecule has 0 aliphatic rings. The van der Waals surface area contributed by atoms with Crippen LogP contribution in [0, 0.1) is 0 Å². The van der Waals surface area contributed by atoms with E-state index in [1.54, 1.807) is 0 Å². The van der Waals surface area contributed by atoms with Crippen LogP contribution in [0.25, 0.3) is 0 Å². The van der Waals surface area contributed by atoms with E-state index in [4.69, 9.17) is 0 Å². The zero-order valence-electron chi connectivity index (χ0n) is 10.8. The van der Waals surface area contributed by atoms with Gasteiger partial charge in [0.25, 0.3) is 0 Å². The first-order chi connectivity index (χ1) is 6.68. The van der Waals surface area contributed by atoms with Gasteiger partial charge >= 0.3 is 0 Å². The van der Waals surface area contributed by atoms with Crippen molar-refractivity contribution in [3.05, 3.63) is 0 Å². The van der Waals surface area contributed by atoms with Crippen molar-refractivity contribution in [2.24, 2.45) is 0 Å². The summed E-state index contributed by atoms with van der Waals surface area (Å²) >= 11 is 0. The molecule has 1 N–H and O–H groups in total. The Balaban J connectivity index is 0. The fourth-order valence-corrected chi connectivity index (χ4v) is 1.89. The number of aliphatic hydroxyl groups is 1. The van der Waals surface area contributed by atoms with E-state index in [0.717, 1.165) is 19.3 Å². The van der Waals surface area contributed by atoms with Gasteiger partial charge < -0.3 is 5.11 Å². The molecule has 0 saturated heterocycles. The van der Waals surface area contributed by atoms with Crippen LogP contribution in [0.15, 0.2) is 0 Å². The van der Waals surface area contributed by atoms with Crippen molar-refractivity contribution in [3.8, 4) is 0 Å². The van der Waals surface area contributed by atoms with Crippen LogP contribution in [0.1, 0.15) is 78.6 Å². The third-order valence-electron chi connectivity index (χ3n) is 2.99. The Morgan fingerprint density at radius 3 is 1.20 bits per heavy atom. The average Bonchev–Trinajstić information content (AvgIpc) is 2.21. The van der Waals surface area contributed by atoms with Gasteiger partial charge in [0.2, 0.25) is 0 Å². The normalized spacial score (nSPS) is 11.2. The number of hydrogen-bond acceptors (Lipinski definition) is 1. The van der Waals surface area contributed by atoms with Gasteiger partial charge in [0, 0.05) is 23.9 Å². The average molecular weight is 319 g/mol. The van der Waals surface area contributed by atoms with Gasteiger partial charge in [0.15, 0.2) is 0 Å². The van der Waals surface area contributed by atoms with Crippen LogP contribution in [-0.4, -0.2) is 34.6 Å². The maximum atomic E-state index is 10.4. The fraction of sp³-hybridized carbons (Fsp3) is 1.00. The van der Waals surface area contributed by atoms with Gasteiger partial charge in [-0.15, -0.1) is 0 Å². The number of hydrogen-bond donors (Lipinski definition) is 1. The smallest absolute Gasteiger partial charge is 0.0647 e. The van der Waals surface area contributed by atoms with Crippen LogP contribution < -0.4 is 0 Å². The summed E-state index contributed by atoms with van der Waals surface area (Å²) in [5.74, 6) is 0. The largest absolute Gasteiger partial charge is 0.390 e. The summed E-state index contributed by atoms with van der Waals surface area (Å²) in [6, 6.07) is 0. The van der Waals surface area contributed by atoms with Gasteiger partial charge in [-0.3, -0.25) is 0 Å². The van der Waals surface area contributed by atoms with Crippen molar-refractivity contribution in [2.45, 2.75) is 84.2 Å². The van der Waals surface area contributed by atoms with Gasteiger partial charge in [-0.1, -0.05) is 59.3 Å². The Labute approximate surface area is 113 Å². The van der Waals surface area contributed by atoms with Crippen molar-refractivity contribution in [1.82, 2.24) is 0 Å². The van der Waals surface area contributed by atoms with Gasteiger partial charge in [-0.05, 0) is 19.3 Å². The summed E-state index contributed by atoms with van der Waals surface area (Å²) in [6.45, 7) is 6.58. The van der Waals surface area contributed by atoms with E-state index in [2.05, 4.69) is 20.8 Å². The molecule has 15 heavy (non-hydrogen) atoms. The van der Waals surface area contributed by atoms with Gasteiger partial charge in [0.1, 0.15) is 0 Å². The van der Waals surface area contributed by atoms with E-state index in [-0.39, 0.29) is 29.5 Å². The first-order valence-electron chi connectivity index (χ1n) is 6.41. The topological polar surface area (TPSA) is 20.2 Å². The SMILES string of the molecule is CCCCC(O)(CCCC)CCCC.[Sn]. The zero-order chi connectivity index (χ0) is 10.9. The molecule has 0 atom stereocenters. The predicted octanol–water partition coefficient (Wildman–Crippen LogP) is 3.91. The molecular weight excluding hydrogens is 291 g/mol. The second kappa shape index (κ2) is 11.3. The third-order valence-corrected chi connectivity index (χ3v) is 2.99. The molecular formula is C13H28OSn. The first kappa shape index (κ1) is 18.1. The molecule has 0 fully saturated rings. The second-order valence-electron chi connectivity index (χ2n) is 4.54. The van der Waals surface area contributed by atoms with Gasteiger partial charge in [-0.25, -0.2) is 0 Å². The molecule has 4 radical (unpaired) electrons. The molecule has 2 heteroatoms. The molecule has 0 rings (SSSR count). The van der Waals surface area contributed by atoms with Crippen molar-refractivity contribution < 1.29 is 5.11 Å². The minimum Gasteiger partial charge on any atom is -0.390 e. The van der Waals surface area contributed by atoms with Crippen molar-refractivity contribution in [2.75, 3.05) is 0 Å². The summed E-state index contributed by atoms with van der Waals surface area (Å²) in [6.07, 6.45) is 10.1. The van der Waals surface area contributed by atoms with Crippen molar-refractivity contribution in [1.29, 1.82) is 0 Å². The molecule has 0 aliphatic heterocycles. The molecule has 1 nitrogen and oxygen atoms in total. The molecule has 0 aromatic rings. The molecule has 0 heterocycles. The molecule has 0 aliphatic carbocycles. The molecule has 0 spiro atoms. The van der Waals surface area contributed by atoms with E-state index >= 15 is 0 Å². The maximum Gasteiger partial charge on any atom is 0.0647 e. The summed E-state index contributed by atoms with van der Waals surface area (Å²) in [5, 5.41) is 10.4. The van der Waals surface area contributed by atoms with Crippen LogP contribution in [0.5, 0.6) is 0 Å². The quantitative estimate of drug-likeness (QED) is 0.639. The Hall–Kier alpha value is 0.759. The standard InChI is InChI=1S/C13H28O.Sn/c1-4-7-10-13(14,11-8-5-2)12-9-6-3;/h14H,4-12H2,1-3H3;. The van der Waals surface area contributed by atoms with E-state index in [9.17, 15) is 5.11 Å². The summed E-state index contributed by atoms with van der Waals surface area (Å²) < 4.78 is 0. The van der Waals surface area contributed by atoms with E-state index in [1.165, 1.54) is 38.5 Å². The maximum absolute atomic E-state index is 10.4. The van der Waals surface area contributed by atoms with Crippen LogP contribution in [0.2, 0.25) is 0 Å². The molecule has 0 aromatic carbocycles. The molecule has 90 valence electrons. The summed E-state index contributed by atoms with van der Waals surface area (Å²) in [4.78, 5) is 0. The van der Waals surface area contributed by atoms with Crippen molar-refractivity contribution in [3.63, 3.8) is 0 Å². The Morgan fingerprint density at radius 1 is 0.733 bits per heavy atom. The van der Waals surface area contributed by atoms with E-state index in [0.29, 0.717) is 0 Å². The van der Waals surface area contributed by atoms with Crippen LogP contribution >= 0.6 is 0 Å². The van der Waals surface area contributed by atoms with E-state index in [1.807, 2.05) is 0 Å². The molecule has 0 aromatic heterocycles. The minimum absolute atomic E-state index is 0. The Kier molecular flexibility index (Phi) is 13.6. The van der Waals surface area contributed by atoms with Crippen LogP contribution in [0.4, 0.5) is 0 Å². The van der Waals surface area contributed by atoms with Gasteiger partial charge in [0.05, 0.1) is 5.60 Å². The third kappa shape index (κ3) is 9.67. The van der Waals surface area contributed by atoms with Crippen molar-refractivity contribution >= 4 is 23.9 Å². The molecule has 0 amide bonds. The molecule has 0 bridgehead atoms. The van der Waals surface area contributed by atoms with E-state index < -0.39 is 0 Å². The number of rotatable bonds is 9. The summed E-state index contributed by atoms with van der Waals surface area (Å²) in [7, 11) is 0. The first-order valence-corrected chi connectivity index (χ1v) is 6.41. The minimum atomic E-state index is -0.345. The molecule has 0 saturated carbocycles. The molecule has 0 unspecified atom stereocenters. The van der Waals surface area contributed by atoms with Gasteiger partial charge in [-0.2, -0.15) is 0 Å².